The molecule has 0 bridgehead atoms. The normalized spacial score (nSPS) is 22.0. The molecular weight excluding hydrogens is 514 g/mol. The van der Waals surface area contributed by atoms with E-state index >= 15 is 0 Å². The highest BCUT2D eigenvalue weighted by molar-refractivity contribution is 9.10. The lowest BCUT2D eigenvalue weighted by molar-refractivity contribution is -0.0412. The smallest absolute Gasteiger partial charge is 0.258 e. The number of fused-ring (bicyclic) bond motifs is 2. The number of sulfonamides is 1. The number of benzene rings is 2. The highest BCUT2D eigenvalue weighted by Crippen LogP contribution is 2.51. The van der Waals surface area contributed by atoms with Gasteiger partial charge in [0.2, 0.25) is 10.0 Å². The Balaban J connectivity index is 1.45. The van der Waals surface area contributed by atoms with Gasteiger partial charge >= 0.3 is 0 Å². The van der Waals surface area contributed by atoms with Crippen molar-refractivity contribution in [2.45, 2.75) is 54.8 Å². The predicted molar refractivity (Wildman–Crippen MR) is 125 cm³/mol. The van der Waals surface area contributed by atoms with Gasteiger partial charge in [0, 0.05) is 53.6 Å². The monoisotopic (exact) mass is 538 g/mol. The molecule has 2 heterocycles. The van der Waals surface area contributed by atoms with Gasteiger partial charge in [0.05, 0.1) is 4.90 Å². The molecule has 0 atom stereocenters. The Kier molecular flexibility index (Phi) is 5.65. The van der Waals surface area contributed by atoms with Crippen molar-refractivity contribution in [2.24, 2.45) is 0 Å². The van der Waals surface area contributed by atoms with Crippen LogP contribution in [0.5, 0.6) is 0 Å². The molecule has 0 radical (unpaired) electrons. The average molecular weight is 539 g/mol. The highest BCUT2D eigenvalue weighted by Gasteiger charge is 2.46. The van der Waals surface area contributed by atoms with Crippen LogP contribution in [0.25, 0.3) is 0 Å². The van der Waals surface area contributed by atoms with Gasteiger partial charge in [-0.2, -0.15) is 4.31 Å². The first kappa shape index (κ1) is 22.9. The van der Waals surface area contributed by atoms with E-state index < -0.39 is 28.8 Å². The maximum Gasteiger partial charge on any atom is 0.258 e. The molecule has 1 saturated carbocycles. The van der Waals surface area contributed by atoms with Gasteiger partial charge in [-0.05, 0) is 54.8 Å². The van der Waals surface area contributed by atoms with E-state index in [0.29, 0.717) is 6.54 Å². The third kappa shape index (κ3) is 4.02. The first-order chi connectivity index (χ1) is 15.6. The van der Waals surface area contributed by atoms with E-state index in [1.807, 2.05) is 12.1 Å². The first-order valence-electron chi connectivity index (χ1n) is 11.2. The second-order valence-corrected chi connectivity index (χ2v) is 12.2. The van der Waals surface area contributed by atoms with E-state index in [-0.39, 0.29) is 34.9 Å². The fraction of sp³-hybridized carbons (Fsp3) is 0.458. The molecule has 33 heavy (non-hydrogen) atoms. The summed E-state index contributed by atoms with van der Waals surface area (Å²) in [6, 6.07) is 11.9. The van der Waals surface area contributed by atoms with Crippen molar-refractivity contribution in [3.63, 3.8) is 0 Å². The highest BCUT2D eigenvalue weighted by atomic mass is 79.9. The molecule has 3 aliphatic rings. The number of halogens is 3. The molecule has 0 N–H and O–H groups in total. The van der Waals surface area contributed by atoms with Gasteiger partial charge < -0.3 is 4.90 Å². The van der Waals surface area contributed by atoms with Crippen molar-refractivity contribution >= 4 is 37.5 Å². The minimum atomic E-state index is -3.96. The number of hydrogen-bond acceptors (Lipinski definition) is 3. The number of amides is 1. The van der Waals surface area contributed by atoms with Gasteiger partial charge in [-0.3, -0.25) is 4.79 Å². The molecule has 5 nitrogen and oxygen atoms in total. The lowest BCUT2D eigenvalue weighted by Crippen LogP contribution is -2.42. The van der Waals surface area contributed by atoms with Crippen molar-refractivity contribution < 1.29 is 22.0 Å². The quantitative estimate of drug-likeness (QED) is 0.529. The molecule has 2 aromatic carbocycles. The van der Waals surface area contributed by atoms with Gasteiger partial charge in [-0.1, -0.05) is 34.8 Å². The molecule has 176 valence electrons. The molecule has 1 spiro atoms. The van der Waals surface area contributed by atoms with Gasteiger partial charge in [0.25, 0.3) is 11.8 Å². The molecule has 5 rings (SSSR count). The Bertz CT molecular complexity index is 1200. The van der Waals surface area contributed by atoms with Crippen molar-refractivity contribution in [2.75, 3.05) is 24.5 Å². The Hall–Kier alpha value is -1.84. The first-order valence-corrected chi connectivity index (χ1v) is 13.4. The zero-order valence-electron chi connectivity index (χ0n) is 18.1. The van der Waals surface area contributed by atoms with E-state index in [1.54, 1.807) is 17.0 Å². The summed E-state index contributed by atoms with van der Waals surface area (Å²) < 4.78 is 55.2. The minimum absolute atomic E-state index is 0.0376. The van der Waals surface area contributed by atoms with Crippen LogP contribution >= 0.6 is 15.9 Å². The lowest BCUT2D eigenvalue weighted by Gasteiger charge is -2.31. The summed E-state index contributed by atoms with van der Waals surface area (Å²) in [6.07, 6.45) is 3.30. The summed E-state index contributed by atoms with van der Waals surface area (Å²) in [5.74, 6) is -3.08. The topological polar surface area (TPSA) is 57.7 Å². The number of hydrogen-bond donors (Lipinski definition) is 0. The van der Waals surface area contributed by atoms with Crippen LogP contribution in [-0.4, -0.2) is 44.2 Å². The Labute approximate surface area is 200 Å². The van der Waals surface area contributed by atoms with E-state index in [2.05, 4.69) is 22.0 Å². The number of piperidine rings is 1. The Morgan fingerprint density at radius 2 is 1.67 bits per heavy atom. The largest absolute Gasteiger partial charge is 0.307 e. The summed E-state index contributed by atoms with van der Waals surface area (Å²) in [5.41, 5.74) is 2.26. The van der Waals surface area contributed by atoms with Crippen molar-refractivity contribution in [1.29, 1.82) is 0 Å². The molecular formula is C24H25BrF2N2O3S. The molecule has 2 aliphatic heterocycles. The van der Waals surface area contributed by atoms with Crippen LogP contribution < -0.4 is 4.90 Å². The number of rotatable bonds is 3. The zero-order valence-corrected chi connectivity index (χ0v) is 20.5. The van der Waals surface area contributed by atoms with Crippen molar-refractivity contribution in [1.82, 2.24) is 4.31 Å². The van der Waals surface area contributed by atoms with Crippen LogP contribution in [0.1, 0.15) is 54.4 Å². The third-order valence-electron chi connectivity index (χ3n) is 7.26. The fourth-order valence-corrected chi connectivity index (χ4v) is 7.30. The molecule has 0 unspecified atom stereocenters. The number of anilines is 1. The third-order valence-corrected chi connectivity index (χ3v) is 9.65. The fourth-order valence-electron chi connectivity index (χ4n) is 5.45. The summed E-state index contributed by atoms with van der Waals surface area (Å²) in [5, 5.41) is 0. The van der Waals surface area contributed by atoms with Crippen LogP contribution in [-0.2, 0) is 15.4 Å². The molecule has 1 amide bonds. The SMILES string of the molecule is O=C(c1cccc(S(=O)(=O)N2CCC(F)(F)CC2)c1)N1CC2(CCCC2)c2cc(Br)ccc21. The van der Waals surface area contributed by atoms with Crippen molar-refractivity contribution in [3.05, 3.63) is 58.1 Å². The summed E-state index contributed by atoms with van der Waals surface area (Å²) in [6.45, 7) is 0.116. The summed E-state index contributed by atoms with van der Waals surface area (Å²) >= 11 is 3.55. The van der Waals surface area contributed by atoms with E-state index in [4.69, 9.17) is 0 Å². The number of alkyl halides is 2. The van der Waals surface area contributed by atoms with Gasteiger partial charge in [0.1, 0.15) is 0 Å². The van der Waals surface area contributed by atoms with Gasteiger partial charge in [-0.15, -0.1) is 0 Å². The van der Waals surface area contributed by atoms with Gasteiger partial charge in [0.15, 0.2) is 0 Å². The molecule has 2 fully saturated rings. The number of carbonyl (C=O) groups excluding carboxylic acids is 1. The van der Waals surface area contributed by atoms with Crippen LogP contribution in [0.4, 0.5) is 14.5 Å². The second-order valence-electron chi connectivity index (χ2n) is 9.33. The van der Waals surface area contributed by atoms with Gasteiger partial charge in [-0.25, -0.2) is 17.2 Å². The maximum atomic E-state index is 13.6. The lowest BCUT2D eigenvalue weighted by atomic mass is 9.81. The second kappa shape index (κ2) is 8.13. The number of carbonyl (C=O) groups is 1. The van der Waals surface area contributed by atoms with Crippen LogP contribution in [0.3, 0.4) is 0 Å². The zero-order chi connectivity index (χ0) is 23.4. The van der Waals surface area contributed by atoms with E-state index in [9.17, 15) is 22.0 Å². The molecule has 2 aromatic rings. The Morgan fingerprint density at radius 3 is 2.36 bits per heavy atom. The average Bonchev–Trinajstić information content (AvgIpc) is 3.38. The van der Waals surface area contributed by atoms with Crippen LogP contribution in [0.15, 0.2) is 51.8 Å². The summed E-state index contributed by atoms with van der Waals surface area (Å²) in [4.78, 5) is 15.3. The standard InChI is InChI=1S/C24H25BrF2N2O3S/c25-18-6-7-21-20(15-18)23(8-1-2-9-23)16-29(21)22(30)17-4-3-5-19(14-17)33(31,32)28-12-10-24(26,27)11-13-28/h3-7,14-15H,1-2,8-13,16H2. The van der Waals surface area contributed by atoms with E-state index in [0.717, 1.165) is 40.1 Å². The predicted octanol–water partition coefficient (Wildman–Crippen LogP) is 5.34. The van der Waals surface area contributed by atoms with Crippen LogP contribution in [0, 0.1) is 0 Å². The molecule has 9 heteroatoms. The van der Waals surface area contributed by atoms with E-state index in [1.165, 1.54) is 17.7 Å². The maximum absolute atomic E-state index is 13.6. The Morgan fingerprint density at radius 1 is 0.970 bits per heavy atom. The molecule has 1 saturated heterocycles. The van der Waals surface area contributed by atoms with Crippen molar-refractivity contribution in [3.8, 4) is 0 Å². The minimum Gasteiger partial charge on any atom is -0.307 e. The number of nitrogens with zero attached hydrogens (tertiary/aromatic N) is 2. The van der Waals surface area contributed by atoms with Crippen LogP contribution in [0.2, 0.25) is 0 Å². The molecule has 1 aliphatic carbocycles. The molecule has 0 aromatic heterocycles. The summed E-state index contributed by atoms with van der Waals surface area (Å²) in [7, 11) is -3.96.